The number of amides is 2. The van der Waals surface area contributed by atoms with Crippen LogP contribution in [-0.2, 0) is 29.1 Å². The van der Waals surface area contributed by atoms with Gasteiger partial charge in [0.2, 0.25) is 18.6 Å². The highest BCUT2D eigenvalue weighted by atomic mass is 35.5. The van der Waals surface area contributed by atoms with Crippen molar-refractivity contribution in [3.05, 3.63) is 94.5 Å². The maximum absolute atomic E-state index is 13.6. The molecule has 1 atom stereocenters. The Kier molecular flexibility index (Phi) is 8.27. The molecule has 1 aliphatic rings. The molecule has 4 rings (SSSR count). The number of ether oxygens (including phenoxy) is 2. The van der Waals surface area contributed by atoms with E-state index in [4.69, 9.17) is 21.1 Å². The third kappa shape index (κ3) is 6.55. The summed E-state index contributed by atoms with van der Waals surface area (Å²) in [5.41, 5.74) is 2.80. The van der Waals surface area contributed by atoms with Crippen molar-refractivity contribution in [2.45, 2.75) is 45.3 Å². The third-order valence-corrected chi connectivity index (χ3v) is 6.16. The molecule has 1 heterocycles. The first-order chi connectivity index (χ1) is 17.0. The Morgan fingerprint density at radius 1 is 0.943 bits per heavy atom. The monoisotopic (exact) mass is 492 g/mol. The molecule has 0 radical (unpaired) electrons. The van der Waals surface area contributed by atoms with Crippen molar-refractivity contribution >= 4 is 23.4 Å². The van der Waals surface area contributed by atoms with Gasteiger partial charge in [0.25, 0.3) is 0 Å². The minimum Gasteiger partial charge on any atom is -0.454 e. The van der Waals surface area contributed by atoms with Gasteiger partial charge in [-0.3, -0.25) is 9.59 Å². The number of halogens is 1. The molecule has 0 saturated heterocycles. The largest absolute Gasteiger partial charge is 0.454 e. The van der Waals surface area contributed by atoms with Crippen molar-refractivity contribution in [2.75, 3.05) is 6.79 Å². The highest BCUT2D eigenvalue weighted by molar-refractivity contribution is 6.30. The summed E-state index contributed by atoms with van der Waals surface area (Å²) in [6.07, 6.45) is 1.48. The lowest BCUT2D eigenvalue weighted by molar-refractivity contribution is -0.141. The Balaban J connectivity index is 1.57. The summed E-state index contributed by atoms with van der Waals surface area (Å²) < 4.78 is 10.8. The summed E-state index contributed by atoms with van der Waals surface area (Å²) in [6, 6.07) is 22.1. The molecular formula is C28H29ClN2O4. The van der Waals surface area contributed by atoms with Crippen molar-refractivity contribution in [3.63, 3.8) is 0 Å². The summed E-state index contributed by atoms with van der Waals surface area (Å²) >= 11 is 6.05. The average Bonchev–Trinajstić information content (AvgIpc) is 3.34. The second-order valence-corrected chi connectivity index (χ2v) is 8.95. The van der Waals surface area contributed by atoms with E-state index in [9.17, 15) is 9.59 Å². The Morgan fingerprint density at radius 2 is 1.66 bits per heavy atom. The minimum absolute atomic E-state index is 0.0541. The van der Waals surface area contributed by atoms with Gasteiger partial charge in [-0.2, -0.15) is 0 Å². The molecule has 1 N–H and O–H groups in total. The highest BCUT2D eigenvalue weighted by Crippen LogP contribution is 2.32. The molecular weight excluding hydrogens is 464 g/mol. The van der Waals surface area contributed by atoms with Crippen molar-refractivity contribution in [1.82, 2.24) is 10.2 Å². The first kappa shape index (κ1) is 24.6. The van der Waals surface area contributed by atoms with Gasteiger partial charge in [-0.1, -0.05) is 67.1 Å². The molecule has 0 saturated carbocycles. The van der Waals surface area contributed by atoms with Gasteiger partial charge in [0.15, 0.2) is 11.5 Å². The molecule has 3 aromatic carbocycles. The number of nitrogens with zero attached hydrogens (tertiary/aromatic N) is 1. The minimum atomic E-state index is -0.666. The zero-order chi connectivity index (χ0) is 24.6. The van der Waals surface area contributed by atoms with Crippen LogP contribution in [0.15, 0.2) is 72.8 Å². The lowest BCUT2D eigenvalue weighted by Gasteiger charge is -2.31. The normalized spacial score (nSPS) is 12.7. The second kappa shape index (κ2) is 11.8. The van der Waals surface area contributed by atoms with Gasteiger partial charge >= 0.3 is 0 Å². The Bertz CT molecular complexity index is 1150. The predicted octanol–water partition coefficient (Wildman–Crippen LogP) is 5.13. The smallest absolute Gasteiger partial charge is 0.243 e. The van der Waals surface area contributed by atoms with E-state index >= 15 is 0 Å². The van der Waals surface area contributed by atoms with E-state index in [2.05, 4.69) is 5.32 Å². The van der Waals surface area contributed by atoms with E-state index in [1.54, 1.807) is 17.0 Å². The SMILES string of the molecule is CCCC(=O)N(Cc1ccc(Cl)cc1)[C@@H](Cc1ccccc1)C(=O)NCc1ccc2c(c1)OCO2. The summed E-state index contributed by atoms with van der Waals surface area (Å²) in [5, 5.41) is 3.66. The van der Waals surface area contributed by atoms with Crippen LogP contribution >= 0.6 is 11.6 Å². The van der Waals surface area contributed by atoms with Gasteiger partial charge in [0.05, 0.1) is 0 Å². The number of fused-ring (bicyclic) bond motifs is 1. The van der Waals surface area contributed by atoms with Gasteiger partial charge in [-0.15, -0.1) is 0 Å². The fourth-order valence-corrected chi connectivity index (χ4v) is 4.18. The van der Waals surface area contributed by atoms with Crippen LogP contribution in [0.4, 0.5) is 0 Å². The van der Waals surface area contributed by atoms with Crippen LogP contribution in [0.2, 0.25) is 5.02 Å². The summed E-state index contributed by atoms with van der Waals surface area (Å²) in [5.74, 6) is 1.10. The molecule has 35 heavy (non-hydrogen) atoms. The highest BCUT2D eigenvalue weighted by Gasteiger charge is 2.30. The Hall–Kier alpha value is -3.51. The molecule has 6 nitrogen and oxygen atoms in total. The van der Waals surface area contributed by atoms with Crippen LogP contribution in [0, 0.1) is 0 Å². The molecule has 0 aromatic heterocycles. The molecule has 0 aliphatic carbocycles. The van der Waals surface area contributed by atoms with Crippen molar-refractivity contribution in [3.8, 4) is 11.5 Å². The lowest BCUT2D eigenvalue weighted by Crippen LogP contribution is -2.50. The molecule has 0 fully saturated rings. The fraction of sp³-hybridized carbons (Fsp3) is 0.286. The van der Waals surface area contributed by atoms with Gasteiger partial charge < -0.3 is 19.7 Å². The number of nitrogens with one attached hydrogen (secondary N) is 1. The Morgan fingerprint density at radius 3 is 2.40 bits per heavy atom. The maximum Gasteiger partial charge on any atom is 0.243 e. The maximum atomic E-state index is 13.6. The molecule has 0 bridgehead atoms. The van der Waals surface area contributed by atoms with E-state index in [1.165, 1.54) is 0 Å². The van der Waals surface area contributed by atoms with Crippen LogP contribution in [0.3, 0.4) is 0 Å². The Labute approximate surface area is 210 Å². The molecule has 182 valence electrons. The van der Waals surface area contributed by atoms with Crippen LogP contribution in [0.1, 0.15) is 36.5 Å². The molecule has 1 aliphatic heterocycles. The number of rotatable bonds is 10. The van der Waals surface area contributed by atoms with Crippen LogP contribution < -0.4 is 14.8 Å². The number of carbonyl (C=O) groups excluding carboxylic acids is 2. The predicted molar refractivity (Wildman–Crippen MR) is 135 cm³/mol. The third-order valence-electron chi connectivity index (χ3n) is 5.90. The summed E-state index contributed by atoms with van der Waals surface area (Å²) in [7, 11) is 0. The van der Waals surface area contributed by atoms with E-state index in [1.807, 2.05) is 67.6 Å². The van der Waals surface area contributed by atoms with E-state index in [0.717, 1.165) is 16.7 Å². The number of hydrogen-bond acceptors (Lipinski definition) is 4. The van der Waals surface area contributed by atoms with Crippen molar-refractivity contribution in [1.29, 1.82) is 0 Å². The first-order valence-corrected chi connectivity index (χ1v) is 12.2. The van der Waals surface area contributed by atoms with Crippen LogP contribution in [0.25, 0.3) is 0 Å². The fourth-order valence-electron chi connectivity index (χ4n) is 4.06. The molecule has 2 amide bonds. The molecule has 7 heteroatoms. The van der Waals surface area contributed by atoms with Gasteiger partial charge in [-0.05, 0) is 47.4 Å². The number of benzene rings is 3. The number of hydrogen-bond donors (Lipinski definition) is 1. The molecule has 0 unspecified atom stereocenters. The zero-order valence-corrected chi connectivity index (χ0v) is 20.5. The topological polar surface area (TPSA) is 67.9 Å². The van der Waals surface area contributed by atoms with E-state index < -0.39 is 6.04 Å². The first-order valence-electron chi connectivity index (χ1n) is 11.8. The van der Waals surface area contributed by atoms with Gasteiger partial charge in [-0.25, -0.2) is 0 Å². The number of carbonyl (C=O) groups is 2. The second-order valence-electron chi connectivity index (χ2n) is 8.51. The summed E-state index contributed by atoms with van der Waals surface area (Å²) in [4.78, 5) is 28.5. The van der Waals surface area contributed by atoms with Crippen molar-refractivity contribution in [2.24, 2.45) is 0 Å². The molecule has 3 aromatic rings. The van der Waals surface area contributed by atoms with E-state index in [0.29, 0.717) is 48.9 Å². The van der Waals surface area contributed by atoms with Crippen molar-refractivity contribution < 1.29 is 19.1 Å². The average molecular weight is 493 g/mol. The molecule has 0 spiro atoms. The summed E-state index contributed by atoms with van der Waals surface area (Å²) in [6.45, 7) is 2.80. The van der Waals surface area contributed by atoms with Gasteiger partial charge in [0, 0.05) is 31.0 Å². The zero-order valence-electron chi connectivity index (χ0n) is 19.7. The van der Waals surface area contributed by atoms with Gasteiger partial charge in [0.1, 0.15) is 6.04 Å². The quantitative estimate of drug-likeness (QED) is 0.426. The lowest BCUT2D eigenvalue weighted by atomic mass is 10.0. The van der Waals surface area contributed by atoms with E-state index in [-0.39, 0.29) is 18.6 Å². The van der Waals surface area contributed by atoms with Crippen LogP contribution in [-0.4, -0.2) is 29.5 Å². The van der Waals surface area contributed by atoms with Crippen LogP contribution in [0.5, 0.6) is 11.5 Å². The standard InChI is InChI=1S/C28H29ClN2O4/c1-2-6-27(32)31(18-21-9-12-23(29)13-10-21)24(15-20-7-4-3-5-8-20)28(33)30-17-22-11-14-25-26(16-22)35-19-34-25/h3-5,7-14,16,24H,2,6,15,17-19H2,1H3,(H,30,33)/t24-/m0/s1.